The lowest BCUT2D eigenvalue weighted by molar-refractivity contribution is 0.0647. The van der Waals surface area contributed by atoms with Crippen molar-refractivity contribution in [2.24, 2.45) is 5.73 Å². The fourth-order valence-electron chi connectivity index (χ4n) is 0.803. The van der Waals surface area contributed by atoms with Crippen molar-refractivity contribution in [3.05, 3.63) is 34.3 Å². The van der Waals surface area contributed by atoms with Gasteiger partial charge in [-0.05, 0) is 24.6 Å². The van der Waals surface area contributed by atoms with Crippen molar-refractivity contribution < 1.29 is 5.11 Å². The Bertz CT molecular complexity index is 255. The van der Waals surface area contributed by atoms with Gasteiger partial charge in [0.1, 0.15) is 5.72 Å². The van der Waals surface area contributed by atoms with Gasteiger partial charge < -0.3 is 10.8 Å². The molecule has 1 unspecified atom stereocenters. The van der Waals surface area contributed by atoms with Crippen LogP contribution < -0.4 is 5.73 Å². The third-order valence-corrected chi connectivity index (χ3v) is 1.90. The van der Waals surface area contributed by atoms with Crippen molar-refractivity contribution in [1.29, 1.82) is 0 Å². The molecule has 0 bridgehead atoms. The molecular formula is C8H10BrNO. The Hall–Kier alpha value is -0.380. The Balaban J connectivity index is 3.06. The molecule has 0 spiro atoms. The molecule has 0 fully saturated rings. The highest BCUT2D eigenvalue weighted by molar-refractivity contribution is 9.10. The lowest BCUT2D eigenvalue weighted by atomic mass is 10.1. The van der Waals surface area contributed by atoms with Crippen molar-refractivity contribution in [2.45, 2.75) is 12.6 Å². The molecule has 3 heteroatoms. The summed E-state index contributed by atoms with van der Waals surface area (Å²) in [6.07, 6.45) is 0. The van der Waals surface area contributed by atoms with Crippen LogP contribution in [0.1, 0.15) is 12.5 Å². The van der Waals surface area contributed by atoms with E-state index in [2.05, 4.69) is 15.9 Å². The summed E-state index contributed by atoms with van der Waals surface area (Å²) >= 11 is 3.29. The standard InChI is InChI=1S/C8H10BrNO/c1-8(10,11)6-3-2-4-7(9)5-6/h2-5,11H,10H2,1H3. The summed E-state index contributed by atoms with van der Waals surface area (Å²) in [4.78, 5) is 0. The van der Waals surface area contributed by atoms with Crippen LogP contribution >= 0.6 is 15.9 Å². The quantitative estimate of drug-likeness (QED) is 0.700. The number of hydrogen-bond donors (Lipinski definition) is 2. The topological polar surface area (TPSA) is 46.2 Å². The van der Waals surface area contributed by atoms with Crippen LogP contribution in [0.4, 0.5) is 0 Å². The Morgan fingerprint density at radius 3 is 2.55 bits per heavy atom. The first-order valence-corrected chi connectivity index (χ1v) is 4.07. The molecule has 0 aliphatic heterocycles. The number of benzene rings is 1. The summed E-state index contributed by atoms with van der Waals surface area (Å²) in [6.45, 7) is 1.55. The number of aliphatic hydroxyl groups is 1. The van der Waals surface area contributed by atoms with Gasteiger partial charge in [-0.15, -0.1) is 0 Å². The third-order valence-electron chi connectivity index (χ3n) is 1.41. The number of nitrogens with two attached hydrogens (primary N) is 1. The van der Waals surface area contributed by atoms with Crippen LogP contribution in [0.15, 0.2) is 28.7 Å². The fourth-order valence-corrected chi connectivity index (χ4v) is 1.20. The third kappa shape index (κ3) is 2.29. The molecular weight excluding hydrogens is 206 g/mol. The van der Waals surface area contributed by atoms with Gasteiger partial charge in [-0.2, -0.15) is 0 Å². The van der Waals surface area contributed by atoms with Crippen molar-refractivity contribution in [3.63, 3.8) is 0 Å². The first kappa shape index (κ1) is 8.71. The molecule has 0 aliphatic carbocycles. The van der Waals surface area contributed by atoms with E-state index in [1.165, 1.54) is 0 Å². The molecule has 0 radical (unpaired) electrons. The van der Waals surface area contributed by atoms with Gasteiger partial charge in [0.25, 0.3) is 0 Å². The number of hydrogen-bond acceptors (Lipinski definition) is 2. The smallest absolute Gasteiger partial charge is 0.136 e. The second-order valence-electron chi connectivity index (χ2n) is 2.66. The Labute approximate surface area is 74.2 Å². The molecule has 0 amide bonds. The average Bonchev–Trinajstić information content (AvgIpc) is 1.86. The highest BCUT2D eigenvalue weighted by atomic mass is 79.9. The van der Waals surface area contributed by atoms with E-state index in [9.17, 15) is 5.11 Å². The van der Waals surface area contributed by atoms with Crippen LogP contribution in [0, 0.1) is 0 Å². The molecule has 1 aromatic rings. The van der Waals surface area contributed by atoms with Gasteiger partial charge in [0.05, 0.1) is 0 Å². The Kier molecular flexibility index (Phi) is 2.32. The minimum atomic E-state index is -1.25. The van der Waals surface area contributed by atoms with E-state index >= 15 is 0 Å². The molecule has 3 N–H and O–H groups in total. The van der Waals surface area contributed by atoms with E-state index in [-0.39, 0.29) is 0 Å². The molecule has 0 heterocycles. The molecule has 1 aromatic carbocycles. The summed E-state index contributed by atoms with van der Waals surface area (Å²) in [7, 11) is 0. The lowest BCUT2D eigenvalue weighted by Crippen LogP contribution is -2.32. The summed E-state index contributed by atoms with van der Waals surface area (Å²) in [5, 5.41) is 9.37. The summed E-state index contributed by atoms with van der Waals surface area (Å²) < 4.78 is 0.917. The second kappa shape index (κ2) is 2.93. The summed E-state index contributed by atoms with van der Waals surface area (Å²) in [5.74, 6) is 0. The van der Waals surface area contributed by atoms with Gasteiger partial charge in [-0.25, -0.2) is 0 Å². The first-order valence-electron chi connectivity index (χ1n) is 3.27. The maximum Gasteiger partial charge on any atom is 0.136 e. The maximum absolute atomic E-state index is 9.37. The van der Waals surface area contributed by atoms with Crippen molar-refractivity contribution in [1.82, 2.24) is 0 Å². The molecule has 0 saturated heterocycles. The van der Waals surface area contributed by atoms with E-state index in [0.29, 0.717) is 5.56 Å². The van der Waals surface area contributed by atoms with Crippen molar-refractivity contribution >= 4 is 15.9 Å². The van der Waals surface area contributed by atoms with E-state index < -0.39 is 5.72 Å². The Morgan fingerprint density at radius 1 is 1.55 bits per heavy atom. The zero-order valence-corrected chi connectivity index (χ0v) is 7.80. The predicted molar refractivity (Wildman–Crippen MR) is 47.9 cm³/mol. The van der Waals surface area contributed by atoms with Crippen LogP contribution in [0.3, 0.4) is 0 Å². The highest BCUT2D eigenvalue weighted by Gasteiger charge is 2.15. The van der Waals surface area contributed by atoms with E-state index in [0.717, 1.165) is 4.47 Å². The van der Waals surface area contributed by atoms with Gasteiger partial charge >= 0.3 is 0 Å². The van der Waals surface area contributed by atoms with Crippen LogP contribution in [0.2, 0.25) is 0 Å². The lowest BCUT2D eigenvalue weighted by Gasteiger charge is -2.17. The van der Waals surface area contributed by atoms with Crippen LogP contribution in [-0.2, 0) is 5.72 Å². The van der Waals surface area contributed by atoms with Crippen LogP contribution in [-0.4, -0.2) is 5.11 Å². The van der Waals surface area contributed by atoms with E-state index in [4.69, 9.17) is 5.73 Å². The molecule has 11 heavy (non-hydrogen) atoms. The zero-order chi connectivity index (χ0) is 8.48. The minimum Gasteiger partial charge on any atom is -0.372 e. The maximum atomic E-state index is 9.37. The van der Waals surface area contributed by atoms with Crippen LogP contribution in [0.25, 0.3) is 0 Å². The van der Waals surface area contributed by atoms with Gasteiger partial charge in [-0.1, -0.05) is 28.1 Å². The molecule has 0 saturated carbocycles. The molecule has 60 valence electrons. The minimum absolute atomic E-state index is 0.701. The molecule has 1 rings (SSSR count). The molecule has 1 atom stereocenters. The Morgan fingerprint density at radius 2 is 2.18 bits per heavy atom. The number of halogens is 1. The predicted octanol–water partition coefficient (Wildman–Crippen LogP) is 1.57. The van der Waals surface area contributed by atoms with E-state index in [1.54, 1.807) is 19.1 Å². The molecule has 0 aliphatic rings. The highest BCUT2D eigenvalue weighted by Crippen LogP contribution is 2.18. The first-order chi connectivity index (χ1) is 5.00. The van der Waals surface area contributed by atoms with Crippen LogP contribution in [0.5, 0.6) is 0 Å². The summed E-state index contributed by atoms with van der Waals surface area (Å²) in [6, 6.07) is 7.29. The molecule has 2 nitrogen and oxygen atoms in total. The normalized spacial score (nSPS) is 16.0. The zero-order valence-electron chi connectivity index (χ0n) is 6.21. The van der Waals surface area contributed by atoms with Crippen molar-refractivity contribution in [3.8, 4) is 0 Å². The number of rotatable bonds is 1. The SMILES string of the molecule is CC(N)(O)c1cccc(Br)c1. The largest absolute Gasteiger partial charge is 0.372 e. The van der Waals surface area contributed by atoms with Gasteiger partial charge in [0.2, 0.25) is 0 Å². The van der Waals surface area contributed by atoms with Gasteiger partial charge in [-0.3, -0.25) is 0 Å². The fraction of sp³-hybridized carbons (Fsp3) is 0.250. The van der Waals surface area contributed by atoms with Gasteiger partial charge in [0, 0.05) is 4.47 Å². The monoisotopic (exact) mass is 215 g/mol. The van der Waals surface area contributed by atoms with Crippen molar-refractivity contribution in [2.75, 3.05) is 0 Å². The van der Waals surface area contributed by atoms with Gasteiger partial charge in [0.15, 0.2) is 0 Å². The molecule has 0 aromatic heterocycles. The average molecular weight is 216 g/mol. The second-order valence-corrected chi connectivity index (χ2v) is 3.57. The summed E-state index contributed by atoms with van der Waals surface area (Å²) in [5.41, 5.74) is 4.91. The van der Waals surface area contributed by atoms with E-state index in [1.807, 2.05) is 12.1 Å².